The number of fused-ring (bicyclic) bond motifs is 2. The Balaban J connectivity index is 2.11. The zero-order chi connectivity index (χ0) is 5.56. The minimum Gasteiger partial charge on any atom is -0.311 e. The van der Waals surface area contributed by atoms with Crippen molar-refractivity contribution < 1.29 is 0 Å². The predicted molar refractivity (Wildman–Crippen MR) is 40.9 cm³/mol. The number of rotatable bonds is 0. The second-order valence-corrected chi connectivity index (χ2v) is 3.82. The Bertz CT molecular complexity index is 105. The predicted octanol–water partition coefficient (Wildman–Crippen LogP) is 0.383. The van der Waals surface area contributed by atoms with Crippen LogP contribution in [0, 0.1) is 0 Å². The number of nitrogens with one attached hydrogen (secondary N) is 1. The van der Waals surface area contributed by atoms with E-state index in [-0.39, 0.29) is 0 Å². The maximum Gasteiger partial charge on any atom is 0.0335 e. The van der Waals surface area contributed by atoms with Gasteiger partial charge in [0.2, 0.25) is 0 Å². The first-order chi connectivity index (χ1) is 3.86. The van der Waals surface area contributed by atoms with Crippen molar-refractivity contribution in [1.82, 2.24) is 8.43 Å². The molecule has 2 rings (SSSR count). The van der Waals surface area contributed by atoms with Gasteiger partial charge in [-0.25, -0.2) is 3.11 Å². The average Bonchev–Trinajstić information content (AvgIpc) is 2.23. The molecule has 2 aliphatic heterocycles. The van der Waals surface area contributed by atoms with E-state index < -0.39 is 0 Å². The molecule has 8 heavy (non-hydrogen) atoms. The van der Waals surface area contributed by atoms with E-state index in [0.717, 1.165) is 12.1 Å². The van der Waals surface area contributed by atoms with E-state index in [1.165, 1.54) is 19.5 Å². The molecule has 2 saturated heterocycles. The zero-order valence-corrected chi connectivity index (χ0v) is 6.76. The van der Waals surface area contributed by atoms with Crippen molar-refractivity contribution in [1.29, 1.82) is 0 Å². The van der Waals surface area contributed by atoms with Crippen molar-refractivity contribution in [3.8, 4) is 0 Å². The molecule has 2 aliphatic rings. The second kappa shape index (κ2) is 1.82. The Morgan fingerprint density at radius 1 is 1.62 bits per heavy atom. The SMILES string of the molecule is IN1C[C@@H]2CC1CN2. The maximum atomic E-state index is 3.44. The van der Waals surface area contributed by atoms with Gasteiger partial charge in [-0.2, -0.15) is 0 Å². The van der Waals surface area contributed by atoms with Gasteiger partial charge < -0.3 is 5.32 Å². The van der Waals surface area contributed by atoms with Crippen LogP contribution in [0.25, 0.3) is 0 Å². The van der Waals surface area contributed by atoms with E-state index in [9.17, 15) is 0 Å². The maximum absolute atomic E-state index is 3.44. The summed E-state index contributed by atoms with van der Waals surface area (Å²) in [7, 11) is 0. The van der Waals surface area contributed by atoms with Crippen LogP contribution in [-0.4, -0.2) is 28.3 Å². The van der Waals surface area contributed by atoms with E-state index in [1.807, 2.05) is 0 Å². The van der Waals surface area contributed by atoms with Gasteiger partial charge in [0.05, 0.1) is 0 Å². The van der Waals surface area contributed by atoms with Gasteiger partial charge in [-0.05, 0) is 6.42 Å². The van der Waals surface area contributed by atoms with Gasteiger partial charge in [-0.1, -0.05) is 0 Å². The summed E-state index contributed by atoms with van der Waals surface area (Å²) in [5.41, 5.74) is 0. The molecule has 0 radical (unpaired) electrons. The second-order valence-electron chi connectivity index (χ2n) is 2.58. The van der Waals surface area contributed by atoms with Gasteiger partial charge in [0.1, 0.15) is 0 Å². The summed E-state index contributed by atoms with van der Waals surface area (Å²) < 4.78 is 2.42. The smallest absolute Gasteiger partial charge is 0.0335 e. The number of piperazine rings is 1. The van der Waals surface area contributed by atoms with Gasteiger partial charge in [-0.15, -0.1) is 0 Å². The zero-order valence-electron chi connectivity index (χ0n) is 4.60. The molecular weight excluding hydrogens is 215 g/mol. The normalized spacial score (nSPS) is 46.1. The fourth-order valence-electron chi connectivity index (χ4n) is 1.51. The summed E-state index contributed by atoms with van der Waals surface area (Å²) >= 11 is 2.42. The molecule has 0 aromatic rings. The van der Waals surface area contributed by atoms with Crippen molar-refractivity contribution in [3.63, 3.8) is 0 Å². The summed E-state index contributed by atoms with van der Waals surface area (Å²) in [4.78, 5) is 0. The molecule has 2 bridgehead atoms. The highest BCUT2D eigenvalue weighted by molar-refractivity contribution is 14.1. The lowest BCUT2D eigenvalue weighted by Crippen LogP contribution is -2.38. The van der Waals surface area contributed by atoms with Crippen LogP contribution in [0.1, 0.15) is 6.42 Å². The molecule has 2 fully saturated rings. The molecule has 0 amide bonds. The Labute approximate surface area is 63.1 Å². The van der Waals surface area contributed by atoms with E-state index >= 15 is 0 Å². The highest BCUT2D eigenvalue weighted by Gasteiger charge is 2.35. The molecule has 0 aliphatic carbocycles. The van der Waals surface area contributed by atoms with Crippen LogP contribution >= 0.6 is 22.9 Å². The molecule has 1 N–H and O–H groups in total. The first-order valence-electron chi connectivity index (χ1n) is 3.02. The van der Waals surface area contributed by atoms with Crippen molar-refractivity contribution >= 4 is 22.9 Å². The minimum absolute atomic E-state index is 0.817. The van der Waals surface area contributed by atoms with Gasteiger partial charge in [0.15, 0.2) is 0 Å². The lowest BCUT2D eigenvalue weighted by molar-refractivity contribution is 0.413. The lowest BCUT2D eigenvalue weighted by atomic mass is 10.3. The van der Waals surface area contributed by atoms with Crippen LogP contribution in [0.15, 0.2) is 0 Å². The van der Waals surface area contributed by atoms with Crippen LogP contribution in [-0.2, 0) is 0 Å². The van der Waals surface area contributed by atoms with Crippen LogP contribution in [0.2, 0.25) is 0 Å². The fourth-order valence-corrected chi connectivity index (χ4v) is 2.41. The van der Waals surface area contributed by atoms with E-state index in [4.69, 9.17) is 0 Å². The third-order valence-corrected chi connectivity index (χ3v) is 3.17. The molecular formula is C5H9IN2. The van der Waals surface area contributed by atoms with Gasteiger partial charge in [0.25, 0.3) is 0 Å². The van der Waals surface area contributed by atoms with Crippen LogP contribution < -0.4 is 5.32 Å². The Hall–Kier alpha value is 0.650. The van der Waals surface area contributed by atoms with Crippen molar-refractivity contribution in [2.75, 3.05) is 13.1 Å². The number of hydrogen-bond donors (Lipinski definition) is 1. The molecule has 0 aromatic heterocycles. The monoisotopic (exact) mass is 224 g/mol. The van der Waals surface area contributed by atoms with Crippen LogP contribution in [0.4, 0.5) is 0 Å². The molecule has 0 spiro atoms. The van der Waals surface area contributed by atoms with Crippen LogP contribution in [0.3, 0.4) is 0 Å². The minimum atomic E-state index is 0.817. The molecule has 0 saturated carbocycles. The molecule has 0 aromatic carbocycles. The van der Waals surface area contributed by atoms with E-state index in [2.05, 4.69) is 31.3 Å². The topological polar surface area (TPSA) is 15.3 Å². The average molecular weight is 224 g/mol. The van der Waals surface area contributed by atoms with Gasteiger partial charge in [-0.3, -0.25) is 0 Å². The van der Waals surface area contributed by atoms with Crippen LogP contribution in [0.5, 0.6) is 0 Å². The molecule has 3 heteroatoms. The van der Waals surface area contributed by atoms with Gasteiger partial charge >= 0.3 is 0 Å². The quantitative estimate of drug-likeness (QED) is 0.472. The molecule has 2 atom stereocenters. The van der Waals surface area contributed by atoms with Crippen molar-refractivity contribution in [2.24, 2.45) is 0 Å². The number of nitrogens with zero attached hydrogens (tertiary/aromatic N) is 1. The molecule has 2 heterocycles. The van der Waals surface area contributed by atoms with Crippen molar-refractivity contribution in [3.05, 3.63) is 0 Å². The van der Waals surface area contributed by atoms with Crippen molar-refractivity contribution in [2.45, 2.75) is 18.5 Å². The van der Waals surface area contributed by atoms with E-state index in [0.29, 0.717) is 0 Å². The lowest BCUT2D eigenvalue weighted by Gasteiger charge is -2.19. The summed E-state index contributed by atoms with van der Waals surface area (Å²) in [5, 5.41) is 3.44. The highest BCUT2D eigenvalue weighted by atomic mass is 127. The summed E-state index contributed by atoms with van der Waals surface area (Å²) in [5.74, 6) is 0. The molecule has 1 unspecified atom stereocenters. The largest absolute Gasteiger partial charge is 0.311 e. The Kier molecular flexibility index (Phi) is 1.23. The first-order valence-corrected chi connectivity index (χ1v) is 3.98. The van der Waals surface area contributed by atoms with E-state index in [1.54, 1.807) is 0 Å². The molecule has 46 valence electrons. The third kappa shape index (κ3) is 0.681. The summed E-state index contributed by atoms with van der Waals surface area (Å²) in [6.07, 6.45) is 1.38. The number of hydrogen-bond acceptors (Lipinski definition) is 2. The third-order valence-electron chi connectivity index (χ3n) is 1.99. The molecule has 2 nitrogen and oxygen atoms in total. The first kappa shape index (κ1) is 5.44. The highest BCUT2D eigenvalue weighted by Crippen LogP contribution is 2.25. The summed E-state index contributed by atoms with van der Waals surface area (Å²) in [6.45, 7) is 2.47. The fraction of sp³-hybridized carbons (Fsp3) is 1.00. The van der Waals surface area contributed by atoms with Gasteiger partial charge in [0, 0.05) is 48.0 Å². The summed E-state index contributed by atoms with van der Waals surface area (Å²) in [6, 6.07) is 1.66. The Morgan fingerprint density at radius 3 is 2.75 bits per heavy atom. The standard InChI is InChI=1S/C5H9IN2/c6-8-3-4-1-5(8)2-7-4/h4-5,7H,1-3H2/t4-,5?/m0/s1. The Morgan fingerprint density at radius 2 is 2.50 bits per heavy atom. The number of halogens is 1.